The van der Waals surface area contributed by atoms with Gasteiger partial charge < -0.3 is 30.8 Å². The van der Waals surface area contributed by atoms with Crippen molar-refractivity contribution < 1.29 is 24.3 Å². The Hall–Kier alpha value is -4.37. The van der Waals surface area contributed by atoms with Crippen LogP contribution in [0.2, 0.25) is 0 Å². The third-order valence-corrected chi connectivity index (χ3v) is 6.95. The number of hydrogen-bond acceptors (Lipinski definition) is 10. The van der Waals surface area contributed by atoms with E-state index in [4.69, 9.17) is 28.3 Å². The second-order valence-electron chi connectivity index (χ2n) is 10.4. The molecule has 6 radical (unpaired) electrons. The number of aryl methyl sites for hydroxylation is 1. The van der Waals surface area contributed by atoms with Crippen molar-refractivity contribution in [1.29, 1.82) is 0 Å². The van der Waals surface area contributed by atoms with Crippen molar-refractivity contribution >= 4 is 58.5 Å². The van der Waals surface area contributed by atoms with E-state index in [9.17, 15) is 19.6 Å². The number of methoxy groups -OCH3 is 1. The molecule has 0 bridgehead atoms. The normalized spacial score (nSPS) is 15.6. The monoisotopic (exact) mass is 579 g/mol. The molecular formula is C26H28B3N9O5. The van der Waals surface area contributed by atoms with E-state index >= 15 is 0 Å². The van der Waals surface area contributed by atoms with E-state index in [0.717, 1.165) is 12.8 Å². The predicted octanol–water partition coefficient (Wildman–Crippen LogP) is -0.0286. The lowest BCUT2D eigenvalue weighted by Crippen LogP contribution is -2.50. The van der Waals surface area contributed by atoms with Crippen LogP contribution < -0.4 is 20.7 Å². The number of nitrogens with one attached hydrogen (secondary N) is 3. The van der Waals surface area contributed by atoms with E-state index in [1.807, 2.05) is 0 Å². The SMILES string of the molecule is [B]C([B])([B])NC(=O)c1nnc(NC(=O)C2CC2)cc1Nc1cccc(-c2cc(C(=O)N3CCN(O)CC3)n(C)n2)c1OC. The molecule has 216 valence electrons. The van der Waals surface area contributed by atoms with Gasteiger partial charge in [0.05, 0.1) is 47.7 Å². The molecule has 1 aromatic carbocycles. The maximum atomic E-state index is 13.2. The van der Waals surface area contributed by atoms with Crippen LogP contribution in [-0.4, -0.2) is 115 Å². The van der Waals surface area contributed by atoms with Crippen LogP contribution in [0.4, 0.5) is 17.2 Å². The van der Waals surface area contributed by atoms with E-state index in [0.29, 0.717) is 54.6 Å². The molecule has 1 aliphatic carbocycles. The first-order chi connectivity index (χ1) is 20.4. The summed E-state index contributed by atoms with van der Waals surface area (Å²) in [7, 11) is 19.8. The maximum absolute atomic E-state index is 13.2. The number of carbonyl (C=O) groups excluding carboxylic acids is 3. The van der Waals surface area contributed by atoms with Gasteiger partial charge in [0, 0.05) is 50.8 Å². The fourth-order valence-electron chi connectivity index (χ4n) is 4.61. The summed E-state index contributed by atoms with van der Waals surface area (Å²) < 4.78 is 7.24. The first kappa shape index (κ1) is 30.1. The molecule has 14 nitrogen and oxygen atoms in total. The van der Waals surface area contributed by atoms with Gasteiger partial charge in [0.1, 0.15) is 5.69 Å². The number of hydroxylamine groups is 2. The minimum atomic E-state index is -2.02. The van der Waals surface area contributed by atoms with Gasteiger partial charge in [-0.05, 0) is 31.0 Å². The first-order valence-corrected chi connectivity index (χ1v) is 13.5. The highest BCUT2D eigenvalue weighted by Crippen LogP contribution is 2.38. The number of anilines is 3. The van der Waals surface area contributed by atoms with Gasteiger partial charge in [-0.2, -0.15) is 10.2 Å². The Kier molecular flexibility index (Phi) is 8.46. The van der Waals surface area contributed by atoms with Crippen molar-refractivity contribution in [2.45, 2.75) is 18.1 Å². The molecule has 0 spiro atoms. The molecule has 3 amide bonds. The standard InChI is InChI=1S/C26H28B3N9O5/c1-36-19(25(41)37-8-10-38(42)11-9-37)12-17(35-36)15-4-3-5-16(22(15)43-2)30-18-13-20(31-23(39)14-6-7-14)33-34-21(18)24(40)32-26(27,28)29/h3-5,12-14,42H,6-11H2,1-2H3,(H,32,40)(H2,30,31,33,39). The largest absolute Gasteiger partial charge is 0.494 e. The molecule has 1 saturated carbocycles. The molecule has 2 aliphatic rings. The minimum Gasteiger partial charge on any atom is -0.494 e. The summed E-state index contributed by atoms with van der Waals surface area (Å²) >= 11 is 0. The molecule has 1 saturated heterocycles. The van der Waals surface area contributed by atoms with Crippen molar-refractivity contribution in [2.75, 3.05) is 43.9 Å². The number of nitrogens with zero attached hydrogens (tertiary/aromatic N) is 6. The van der Waals surface area contributed by atoms with Crippen LogP contribution >= 0.6 is 0 Å². The van der Waals surface area contributed by atoms with Crippen LogP contribution in [0.15, 0.2) is 30.3 Å². The Bertz CT molecular complexity index is 1550. The highest BCUT2D eigenvalue weighted by molar-refractivity contribution is 6.60. The van der Waals surface area contributed by atoms with Crippen LogP contribution in [0.3, 0.4) is 0 Å². The van der Waals surface area contributed by atoms with Crippen LogP contribution in [0.5, 0.6) is 5.75 Å². The number of aromatic nitrogens is 4. The third-order valence-electron chi connectivity index (χ3n) is 6.95. The number of ether oxygens (including phenoxy) is 1. The molecule has 5 rings (SSSR count). The van der Waals surface area contributed by atoms with E-state index in [1.165, 1.54) is 22.9 Å². The summed E-state index contributed by atoms with van der Waals surface area (Å²) in [4.78, 5) is 40.1. The quantitative estimate of drug-likeness (QED) is 0.253. The Morgan fingerprint density at radius 2 is 1.77 bits per heavy atom. The second kappa shape index (κ2) is 12.1. The van der Waals surface area contributed by atoms with E-state index in [1.54, 1.807) is 36.2 Å². The van der Waals surface area contributed by atoms with Gasteiger partial charge >= 0.3 is 0 Å². The van der Waals surface area contributed by atoms with Gasteiger partial charge in [-0.1, -0.05) is 11.3 Å². The summed E-state index contributed by atoms with van der Waals surface area (Å²) in [6.07, 6.45) is 1.58. The lowest BCUT2D eigenvalue weighted by molar-refractivity contribution is -0.117. The first-order valence-electron chi connectivity index (χ1n) is 13.5. The smallest absolute Gasteiger partial charge is 0.272 e. The number of para-hydroxylation sites is 1. The average Bonchev–Trinajstić information content (AvgIpc) is 3.74. The number of piperazine rings is 1. The fraction of sp³-hybridized carbons (Fsp3) is 0.385. The van der Waals surface area contributed by atoms with Gasteiger partial charge in [0.25, 0.3) is 11.8 Å². The molecule has 1 aliphatic heterocycles. The highest BCUT2D eigenvalue weighted by atomic mass is 16.5. The molecule has 17 heteroatoms. The lowest BCUT2D eigenvalue weighted by atomic mass is 9.49. The second-order valence-corrected chi connectivity index (χ2v) is 10.4. The molecule has 0 atom stereocenters. The molecule has 43 heavy (non-hydrogen) atoms. The zero-order valence-electron chi connectivity index (χ0n) is 23.7. The number of amides is 3. The van der Waals surface area contributed by atoms with Gasteiger partial charge in [0.15, 0.2) is 17.3 Å². The van der Waals surface area contributed by atoms with Crippen LogP contribution in [0.1, 0.15) is 33.8 Å². The molecular weight excluding hydrogens is 551 g/mol. The number of hydrogen-bond donors (Lipinski definition) is 4. The molecule has 2 aromatic heterocycles. The highest BCUT2D eigenvalue weighted by Gasteiger charge is 2.31. The minimum absolute atomic E-state index is 0.0836. The lowest BCUT2D eigenvalue weighted by Gasteiger charge is -2.30. The molecule has 3 aromatic rings. The van der Waals surface area contributed by atoms with Crippen molar-refractivity contribution in [1.82, 2.24) is 35.3 Å². The van der Waals surface area contributed by atoms with Gasteiger partial charge in [-0.25, -0.2) is 0 Å². The average molecular weight is 579 g/mol. The number of benzene rings is 1. The van der Waals surface area contributed by atoms with Gasteiger partial charge in [-0.15, -0.1) is 10.2 Å². The molecule has 3 heterocycles. The van der Waals surface area contributed by atoms with E-state index < -0.39 is 11.1 Å². The van der Waals surface area contributed by atoms with E-state index in [-0.39, 0.29) is 34.9 Å². The molecule has 0 unspecified atom stereocenters. The Morgan fingerprint density at radius 1 is 1.05 bits per heavy atom. The van der Waals surface area contributed by atoms with Crippen LogP contribution in [0, 0.1) is 5.92 Å². The Morgan fingerprint density at radius 3 is 2.42 bits per heavy atom. The van der Waals surface area contributed by atoms with Crippen molar-refractivity contribution in [2.24, 2.45) is 13.0 Å². The summed E-state index contributed by atoms with van der Waals surface area (Å²) in [5.74, 6) is -0.822. The molecule has 4 N–H and O–H groups in total. The van der Waals surface area contributed by atoms with Gasteiger partial charge in [-0.3, -0.25) is 19.1 Å². The topological polar surface area (TPSA) is 167 Å². The zero-order valence-corrected chi connectivity index (χ0v) is 23.7. The Labute approximate surface area is 251 Å². The van der Waals surface area contributed by atoms with Crippen LogP contribution in [-0.2, 0) is 11.8 Å². The Balaban J connectivity index is 1.47. The third kappa shape index (κ3) is 7.00. The van der Waals surface area contributed by atoms with Crippen molar-refractivity contribution in [3.63, 3.8) is 0 Å². The fourth-order valence-corrected chi connectivity index (χ4v) is 4.61. The van der Waals surface area contributed by atoms with E-state index in [2.05, 4.69) is 31.2 Å². The van der Waals surface area contributed by atoms with Crippen molar-refractivity contribution in [3.8, 4) is 17.0 Å². The summed E-state index contributed by atoms with van der Waals surface area (Å²) in [5, 5.41) is 29.4. The molecule has 2 fully saturated rings. The summed E-state index contributed by atoms with van der Waals surface area (Å²) in [5.41, 5.74) is 1.76. The van der Waals surface area contributed by atoms with Crippen LogP contribution in [0.25, 0.3) is 11.3 Å². The summed E-state index contributed by atoms with van der Waals surface area (Å²) in [6.45, 7) is 1.49. The number of rotatable bonds is 9. The van der Waals surface area contributed by atoms with Gasteiger partial charge in [0.2, 0.25) is 5.91 Å². The maximum Gasteiger partial charge on any atom is 0.272 e. The predicted molar refractivity (Wildman–Crippen MR) is 159 cm³/mol. The van der Waals surface area contributed by atoms with Crippen molar-refractivity contribution in [3.05, 3.63) is 41.7 Å². The zero-order chi connectivity index (χ0) is 30.9. The summed E-state index contributed by atoms with van der Waals surface area (Å²) in [6, 6.07) is 8.33. The number of carbonyl (C=O) groups is 3.